The molecule has 0 aliphatic heterocycles. The minimum absolute atomic E-state index is 0.00486. The van der Waals surface area contributed by atoms with E-state index in [1.807, 2.05) is 6.07 Å². The number of aryl methyl sites for hydroxylation is 1. The Morgan fingerprint density at radius 2 is 1.80 bits per heavy atom. The molecule has 0 atom stereocenters. The fourth-order valence-corrected chi connectivity index (χ4v) is 4.65. The number of Topliss-reactive ketones (excluding diaryl/α,β-unsaturated/α-hetero) is 1. The topological polar surface area (TPSA) is 92.3 Å². The largest absolute Gasteiger partial charge is 0.306 e. The molecule has 2 aromatic carbocycles. The Balaban J connectivity index is 1.48. The van der Waals surface area contributed by atoms with Crippen LogP contribution < -0.4 is 0 Å². The molecule has 0 bridgehead atoms. The number of sulfone groups is 1. The van der Waals surface area contributed by atoms with E-state index in [1.165, 1.54) is 24.3 Å². The lowest BCUT2D eigenvalue weighted by Gasteiger charge is -2.08. The highest BCUT2D eigenvalue weighted by Gasteiger charge is 2.21. The van der Waals surface area contributed by atoms with E-state index in [0.717, 1.165) is 11.2 Å². The van der Waals surface area contributed by atoms with Crippen molar-refractivity contribution in [3.63, 3.8) is 0 Å². The highest BCUT2D eigenvalue weighted by Crippen LogP contribution is 2.24. The molecule has 7 heteroatoms. The van der Waals surface area contributed by atoms with Crippen molar-refractivity contribution in [1.29, 1.82) is 5.26 Å². The Bertz CT molecular complexity index is 1380. The Labute approximate surface area is 174 Å². The van der Waals surface area contributed by atoms with Gasteiger partial charge in [0.05, 0.1) is 15.4 Å². The summed E-state index contributed by atoms with van der Waals surface area (Å²) in [5.41, 5.74) is 2.36. The molecule has 0 radical (unpaired) electrons. The third kappa shape index (κ3) is 3.73. The molecule has 148 valence electrons. The number of hydrogen-bond acceptors (Lipinski definition) is 5. The van der Waals surface area contributed by atoms with E-state index in [9.17, 15) is 18.5 Å². The average molecular weight is 415 g/mol. The van der Waals surface area contributed by atoms with Crippen LogP contribution in [0.3, 0.4) is 0 Å². The molecule has 0 fully saturated rings. The van der Waals surface area contributed by atoms with Gasteiger partial charge in [0.25, 0.3) is 0 Å². The third-order valence-electron chi connectivity index (χ3n) is 4.88. The van der Waals surface area contributed by atoms with E-state index in [2.05, 4.69) is 4.98 Å². The van der Waals surface area contributed by atoms with Gasteiger partial charge < -0.3 is 4.40 Å². The highest BCUT2D eigenvalue weighted by atomic mass is 32.2. The number of ketones is 1. The maximum atomic E-state index is 12.8. The smallest absolute Gasteiger partial charge is 0.207 e. The summed E-state index contributed by atoms with van der Waals surface area (Å²) in [4.78, 5) is 16.8. The first-order valence-corrected chi connectivity index (χ1v) is 10.8. The Hall–Kier alpha value is -3.76. The number of fused-ring (bicyclic) bond motifs is 1. The van der Waals surface area contributed by atoms with Gasteiger partial charge in [-0.1, -0.05) is 24.3 Å². The van der Waals surface area contributed by atoms with Crippen molar-refractivity contribution in [3.05, 3.63) is 95.9 Å². The summed E-state index contributed by atoms with van der Waals surface area (Å²) < 4.78 is 27.5. The lowest BCUT2D eigenvalue weighted by molar-refractivity contribution is 0.0982. The van der Waals surface area contributed by atoms with Gasteiger partial charge in [0.1, 0.15) is 11.7 Å². The molecule has 2 heterocycles. The molecule has 4 rings (SSSR count). The monoisotopic (exact) mass is 415 g/mol. The molecule has 0 saturated carbocycles. The quantitative estimate of drug-likeness (QED) is 0.446. The Kier molecular flexibility index (Phi) is 5.17. The molecule has 2 aromatic heterocycles. The summed E-state index contributed by atoms with van der Waals surface area (Å²) in [5, 5.41) is 9.18. The van der Waals surface area contributed by atoms with Gasteiger partial charge in [-0.3, -0.25) is 4.79 Å². The zero-order valence-corrected chi connectivity index (χ0v) is 16.7. The van der Waals surface area contributed by atoms with E-state index in [1.54, 1.807) is 59.4 Å². The van der Waals surface area contributed by atoms with E-state index < -0.39 is 9.84 Å². The van der Waals surface area contributed by atoms with Crippen LogP contribution in [0.25, 0.3) is 5.65 Å². The first kappa shape index (κ1) is 19.6. The van der Waals surface area contributed by atoms with Gasteiger partial charge in [-0.05, 0) is 48.4 Å². The predicted octanol–water partition coefficient (Wildman–Crippen LogP) is 3.85. The molecule has 4 aromatic rings. The van der Waals surface area contributed by atoms with Crippen LogP contribution in [-0.4, -0.2) is 23.6 Å². The molecular formula is C23H17N3O3S. The molecule has 0 spiro atoms. The number of carbonyl (C=O) groups excluding carboxylic acids is 1. The first-order chi connectivity index (χ1) is 14.5. The van der Waals surface area contributed by atoms with Crippen LogP contribution in [0, 0.1) is 11.3 Å². The molecule has 0 N–H and O–H groups in total. The number of imidazole rings is 1. The lowest BCUT2D eigenvalue weighted by Crippen LogP contribution is -2.05. The van der Waals surface area contributed by atoms with Gasteiger partial charge >= 0.3 is 0 Å². The second-order valence-corrected chi connectivity index (χ2v) is 8.71. The van der Waals surface area contributed by atoms with E-state index in [4.69, 9.17) is 0 Å². The van der Waals surface area contributed by atoms with Crippen LogP contribution in [0.15, 0.2) is 89.0 Å². The zero-order valence-electron chi connectivity index (χ0n) is 15.9. The van der Waals surface area contributed by atoms with Gasteiger partial charge in [-0.25, -0.2) is 13.4 Å². The Morgan fingerprint density at radius 1 is 1.03 bits per heavy atom. The second-order valence-electron chi connectivity index (χ2n) is 6.79. The normalized spacial score (nSPS) is 11.3. The summed E-state index contributed by atoms with van der Waals surface area (Å²) in [7, 11) is -3.79. The maximum absolute atomic E-state index is 12.8. The van der Waals surface area contributed by atoms with Crippen LogP contribution in [0.2, 0.25) is 0 Å². The van der Waals surface area contributed by atoms with Gasteiger partial charge in [-0.2, -0.15) is 5.26 Å². The summed E-state index contributed by atoms with van der Waals surface area (Å²) in [6.45, 7) is 0. The van der Waals surface area contributed by atoms with Crippen LogP contribution in [-0.2, 0) is 16.3 Å². The molecular weight excluding hydrogens is 398 g/mol. The second kappa shape index (κ2) is 7.93. The highest BCUT2D eigenvalue weighted by molar-refractivity contribution is 7.91. The number of rotatable bonds is 6. The predicted molar refractivity (Wildman–Crippen MR) is 111 cm³/mol. The van der Waals surface area contributed by atoms with Crippen LogP contribution in [0.5, 0.6) is 0 Å². The fraction of sp³-hybridized carbons (Fsp3) is 0.0870. The number of pyridine rings is 1. The van der Waals surface area contributed by atoms with Crippen molar-refractivity contribution in [2.24, 2.45) is 0 Å². The summed E-state index contributed by atoms with van der Waals surface area (Å²) in [6, 6.07) is 18.0. The van der Waals surface area contributed by atoms with Crippen LogP contribution in [0.1, 0.15) is 27.9 Å². The maximum Gasteiger partial charge on any atom is 0.207 e. The number of aromatic nitrogens is 2. The molecule has 0 aliphatic carbocycles. The number of benzene rings is 2. The number of hydrogen-bond donors (Lipinski definition) is 0. The summed E-state index contributed by atoms with van der Waals surface area (Å²) >= 11 is 0. The molecule has 6 nitrogen and oxygen atoms in total. The number of carbonyl (C=O) groups is 1. The van der Waals surface area contributed by atoms with Crippen molar-refractivity contribution < 1.29 is 13.2 Å². The van der Waals surface area contributed by atoms with Gasteiger partial charge in [0.15, 0.2) is 5.78 Å². The number of nitriles is 1. The summed E-state index contributed by atoms with van der Waals surface area (Å²) in [6.07, 6.45) is 6.02. The molecule has 0 amide bonds. The zero-order chi connectivity index (χ0) is 21.1. The third-order valence-corrected chi connectivity index (χ3v) is 6.71. The molecule has 30 heavy (non-hydrogen) atoms. The van der Waals surface area contributed by atoms with E-state index in [-0.39, 0.29) is 21.1 Å². The minimum Gasteiger partial charge on any atom is -0.306 e. The van der Waals surface area contributed by atoms with E-state index >= 15 is 0 Å². The first-order valence-electron chi connectivity index (χ1n) is 9.28. The van der Waals surface area contributed by atoms with Gasteiger partial charge in [-0.15, -0.1) is 0 Å². The molecule has 0 unspecified atom stereocenters. The lowest BCUT2D eigenvalue weighted by atomic mass is 10.0. The van der Waals surface area contributed by atoms with Crippen molar-refractivity contribution in [1.82, 2.24) is 9.38 Å². The average Bonchev–Trinajstić information content (AvgIpc) is 3.25. The van der Waals surface area contributed by atoms with Crippen molar-refractivity contribution in [2.75, 3.05) is 0 Å². The standard InChI is InChI=1S/C23H17N3O3S/c24-15-18-3-1-2-4-22(18)30(28,29)20-9-5-17(6-10-20)7-11-21(27)19-8-12-23-25-13-14-26(23)16-19/h1-6,8-10,12-14,16H,7,11H2. The van der Waals surface area contributed by atoms with E-state index in [0.29, 0.717) is 18.4 Å². The number of nitrogens with zero attached hydrogens (tertiary/aromatic N) is 3. The summed E-state index contributed by atoms with van der Waals surface area (Å²) in [5.74, 6) is 0.00486. The van der Waals surface area contributed by atoms with Crippen LogP contribution in [0.4, 0.5) is 0 Å². The molecule has 0 aliphatic rings. The van der Waals surface area contributed by atoms with Crippen molar-refractivity contribution >= 4 is 21.3 Å². The fourth-order valence-electron chi connectivity index (χ4n) is 3.24. The minimum atomic E-state index is -3.79. The SMILES string of the molecule is N#Cc1ccccc1S(=O)(=O)c1ccc(CCC(=O)c2ccc3nccn3c2)cc1. The van der Waals surface area contributed by atoms with Gasteiger partial charge in [0, 0.05) is 30.6 Å². The van der Waals surface area contributed by atoms with Gasteiger partial charge in [0.2, 0.25) is 9.84 Å². The van der Waals surface area contributed by atoms with Crippen LogP contribution >= 0.6 is 0 Å². The van der Waals surface area contributed by atoms with Crippen molar-refractivity contribution in [2.45, 2.75) is 22.6 Å². The van der Waals surface area contributed by atoms with Crippen molar-refractivity contribution in [3.8, 4) is 6.07 Å². The molecule has 0 saturated heterocycles. The Morgan fingerprint density at radius 3 is 2.57 bits per heavy atom.